The molecule has 0 aliphatic heterocycles. The first-order chi connectivity index (χ1) is 11.0. The summed E-state index contributed by atoms with van der Waals surface area (Å²) in [5, 5.41) is 18.2. The standard InChI is InChI=1S/C17H17BN2O3/c1-20(2)15-9-5-12(6-10-15)16-11-19-17(23-16)13-3-7-14(8-4-13)18(21)22/h3-11,21-22H,1-2H3. The number of benzene rings is 2. The largest absolute Gasteiger partial charge is 0.488 e. The van der Waals surface area contributed by atoms with Gasteiger partial charge in [-0.3, -0.25) is 0 Å². The van der Waals surface area contributed by atoms with Crippen LogP contribution in [-0.2, 0) is 0 Å². The Morgan fingerprint density at radius 1 is 0.913 bits per heavy atom. The van der Waals surface area contributed by atoms with Gasteiger partial charge in [-0.05, 0) is 41.9 Å². The molecule has 0 fully saturated rings. The molecule has 1 aromatic heterocycles. The van der Waals surface area contributed by atoms with E-state index in [4.69, 9.17) is 14.5 Å². The Balaban J connectivity index is 1.85. The number of hydrogen-bond donors (Lipinski definition) is 2. The Hall–Kier alpha value is -2.57. The van der Waals surface area contributed by atoms with E-state index in [0.29, 0.717) is 17.1 Å². The van der Waals surface area contributed by atoms with E-state index in [1.54, 1.807) is 30.5 Å². The fraction of sp³-hybridized carbons (Fsp3) is 0.118. The monoisotopic (exact) mass is 308 g/mol. The number of aromatic nitrogens is 1. The Labute approximate surface area is 135 Å². The SMILES string of the molecule is CN(C)c1ccc(-c2cnc(-c3ccc(B(O)O)cc3)o2)cc1. The lowest BCUT2D eigenvalue weighted by atomic mass is 9.80. The smallest absolute Gasteiger partial charge is 0.436 e. The molecule has 2 N–H and O–H groups in total. The van der Waals surface area contributed by atoms with Crippen LogP contribution in [0, 0.1) is 0 Å². The lowest BCUT2D eigenvalue weighted by molar-refractivity contribution is 0.426. The van der Waals surface area contributed by atoms with Gasteiger partial charge in [0, 0.05) is 30.9 Å². The van der Waals surface area contributed by atoms with Crippen LogP contribution in [0.3, 0.4) is 0 Å². The van der Waals surface area contributed by atoms with E-state index in [2.05, 4.69) is 4.98 Å². The first kappa shape index (κ1) is 15.3. The molecule has 0 atom stereocenters. The van der Waals surface area contributed by atoms with Crippen LogP contribution in [0.15, 0.2) is 59.1 Å². The van der Waals surface area contributed by atoms with Gasteiger partial charge < -0.3 is 19.4 Å². The molecule has 6 heteroatoms. The molecule has 116 valence electrons. The molecule has 0 radical (unpaired) electrons. The molecule has 0 saturated carbocycles. The number of rotatable bonds is 4. The first-order valence-corrected chi connectivity index (χ1v) is 7.24. The van der Waals surface area contributed by atoms with Gasteiger partial charge in [0.15, 0.2) is 5.76 Å². The third kappa shape index (κ3) is 3.28. The van der Waals surface area contributed by atoms with E-state index in [1.165, 1.54) is 0 Å². The molecule has 0 aliphatic carbocycles. The summed E-state index contributed by atoms with van der Waals surface area (Å²) in [5.74, 6) is 1.19. The molecule has 0 amide bonds. The van der Waals surface area contributed by atoms with Gasteiger partial charge in [-0.1, -0.05) is 12.1 Å². The van der Waals surface area contributed by atoms with Crippen LogP contribution < -0.4 is 10.4 Å². The zero-order chi connectivity index (χ0) is 16.4. The molecule has 5 nitrogen and oxygen atoms in total. The summed E-state index contributed by atoms with van der Waals surface area (Å²) < 4.78 is 5.81. The van der Waals surface area contributed by atoms with Gasteiger partial charge in [-0.2, -0.15) is 0 Å². The number of hydrogen-bond acceptors (Lipinski definition) is 5. The molecule has 3 aromatic rings. The number of anilines is 1. The van der Waals surface area contributed by atoms with Crippen molar-refractivity contribution in [2.45, 2.75) is 0 Å². The van der Waals surface area contributed by atoms with Gasteiger partial charge in [0.2, 0.25) is 5.89 Å². The molecule has 0 unspecified atom stereocenters. The van der Waals surface area contributed by atoms with Crippen LogP contribution in [0.25, 0.3) is 22.8 Å². The molecular formula is C17H17BN2O3. The molecule has 23 heavy (non-hydrogen) atoms. The van der Waals surface area contributed by atoms with Gasteiger partial charge in [0.1, 0.15) is 0 Å². The average molecular weight is 308 g/mol. The van der Waals surface area contributed by atoms with Crippen molar-refractivity contribution in [1.29, 1.82) is 0 Å². The molecule has 1 heterocycles. The van der Waals surface area contributed by atoms with Crippen molar-refractivity contribution in [3.8, 4) is 22.8 Å². The molecule has 0 bridgehead atoms. The van der Waals surface area contributed by atoms with Crippen LogP contribution in [0.5, 0.6) is 0 Å². The van der Waals surface area contributed by atoms with Crippen LogP contribution >= 0.6 is 0 Å². The highest BCUT2D eigenvalue weighted by atomic mass is 16.4. The minimum absolute atomic E-state index is 0.430. The maximum absolute atomic E-state index is 9.11. The molecule has 2 aromatic carbocycles. The summed E-state index contributed by atoms with van der Waals surface area (Å²) in [6, 6.07) is 14.8. The topological polar surface area (TPSA) is 69.7 Å². The van der Waals surface area contributed by atoms with Crippen molar-refractivity contribution < 1.29 is 14.5 Å². The van der Waals surface area contributed by atoms with Gasteiger partial charge in [-0.15, -0.1) is 0 Å². The van der Waals surface area contributed by atoms with Crippen molar-refractivity contribution in [1.82, 2.24) is 4.98 Å². The Bertz CT molecular complexity index is 714. The lowest BCUT2D eigenvalue weighted by Gasteiger charge is -2.11. The normalized spacial score (nSPS) is 10.6. The van der Waals surface area contributed by atoms with Crippen molar-refractivity contribution in [3.63, 3.8) is 0 Å². The molecule has 0 aliphatic rings. The summed E-state index contributed by atoms with van der Waals surface area (Å²) in [5.41, 5.74) is 3.29. The van der Waals surface area contributed by atoms with Crippen molar-refractivity contribution in [3.05, 3.63) is 54.7 Å². The van der Waals surface area contributed by atoms with Crippen molar-refractivity contribution in [2.75, 3.05) is 19.0 Å². The second-order valence-corrected chi connectivity index (χ2v) is 5.47. The number of nitrogens with zero attached hydrogens (tertiary/aromatic N) is 2. The highest BCUT2D eigenvalue weighted by Gasteiger charge is 2.12. The number of oxazole rings is 1. The maximum atomic E-state index is 9.11. The Kier molecular flexibility index (Phi) is 4.19. The maximum Gasteiger partial charge on any atom is 0.488 e. The van der Waals surface area contributed by atoms with Crippen LogP contribution in [0.2, 0.25) is 0 Å². The van der Waals surface area contributed by atoms with Crippen LogP contribution in [0.4, 0.5) is 5.69 Å². The van der Waals surface area contributed by atoms with Crippen LogP contribution in [0.1, 0.15) is 0 Å². The average Bonchev–Trinajstić information content (AvgIpc) is 3.05. The minimum atomic E-state index is -1.47. The molecule has 0 spiro atoms. The first-order valence-electron chi connectivity index (χ1n) is 7.24. The molecular weight excluding hydrogens is 291 g/mol. The van der Waals surface area contributed by atoms with E-state index in [0.717, 1.165) is 16.8 Å². The zero-order valence-corrected chi connectivity index (χ0v) is 13.0. The van der Waals surface area contributed by atoms with Gasteiger partial charge in [-0.25, -0.2) is 4.98 Å². The summed E-state index contributed by atoms with van der Waals surface area (Å²) in [6.07, 6.45) is 1.69. The van der Waals surface area contributed by atoms with Crippen molar-refractivity contribution in [2.24, 2.45) is 0 Å². The van der Waals surface area contributed by atoms with E-state index in [-0.39, 0.29) is 0 Å². The van der Waals surface area contributed by atoms with E-state index < -0.39 is 7.12 Å². The van der Waals surface area contributed by atoms with Crippen molar-refractivity contribution >= 4 is 18.3 Å². The summed E-state index contributed by atoms with van der Waals surface area (Å²) in [4.78, 5) is 6.33. The van der Waals surface area contributed by atoms with E-state index in [9.17, 15) is 0 Å². The second-order valence-electron chi connectivity index (χ2n) is 5.47. The summed E-state index contributed by atoms with van der Waals surface area (Å²) in [6.45, 7) is 0. The Morgan fingerprint density at radius 2 is 1.52 bits per heavy atom. The Morgan fingerprint density at radius 3 is 2.09 bits per heavy atom. The predicted molar refractivity (Wildman–Crippen MR) is 91.5 cm³/mol. The highest BCUT2D eigenvalue weighted by Crippen LogP contribution is 2.27. The summed E-state index contributed by atoms with van der Waals surface area (Å²) >= 11 is 0. The lowest BCUT2D eigenvalue weighted by Crippen LogP contribution is -2.29. The minimum Gasteiger partial charge on any atom is -0.436 e. The third-order valence-electron chi connectivity index (χ3n) is 3.63. The molecule has 0 saturated heterocycles. The second kappa shape index (κ2) is 6.28. The fourth-order valence-corrected chi connectivity index (χ4v) is 2.26. The zero-order valence-electron chi connectivity index (χ0n) is 13.0. The van der Waals surface area contributed by atoms with Crippen LogP contribution in [-0.4, -0.2) is 36.2 Å². The molecule has 3 rings (SSSR count). The highest BCUT2D eigenvalue weighted by molar-refractivity contribution is 6.58. The summed E-state index contributed by atoms with van der Waals surface area (Å²) in [7, 11) is 2.52. The third-order valence-corrected chi connectivity index (χ3v) is 3.63. The van der Waals surface area contributed by atoms with E-state index >= 15 is 0 Å². The predicted octanol–water partition coefficient (Wildman–Crippen LogP) is 1.75. The fourth-order valence-electron chi connectivity index (χ4n) is 2.26. The van der Waals surface area contributed by atoms with Gasteiger partial charge in [0.05, 0.1) is 6.20 Å². The quantitative estimate of drug-likeness (QED) is 0.719. The van der Waals surface area contributed by atoms with Gasteiger partial charge in [0.25, 0.3) is 0 Å². The van der Waals surface area contributed by atoms with E-state index in [1.807, 2.05) is 43.3 Å². The van der Waals surface area contributed by atoms with Gasteiger partial charge >= 0.3 is 7.12 Å².